The summed E-state index contributed by atoms with van der Waals surface area (Å²) in [4.78, 5) is 21.2. The van der Waals surface area contributed by atoms with Gasteiger partial charge in [0.1, 0.15) is 0 Å². The molecule has 1 unspecified atom stereocenters. The zero-order valence-corrected chi connectivity index (χ0v) is 16.0. The lowest BCUT2D eigenvalue weighted by Crippen LogP contribution is -2.28. The van der Waals surface area contributed by atoms with Gasteiger partial charge in [0.05, 0.1) is 22.8 Å². The Labute approximate surface area is 165 Å². The number of ether oxygens (including phenoxy) is 1. The predicted molar refractivity (Wildman–Crippen MR) is 103 cm³/mol. The van der Waals surface area contributed by atoms with E-state index in [9.17, 15) is 18.0 Å². The van der Waals surface area contributed by atoms with Crippen LogP contribution in [0.25, 0.3) is 10.9 Å². The molecule has 152 valence electrons. The van der Waals surface area contributed by atoms with E-state index in [0.29, 0.717) is 23.2 Å². The third-order valence-corrected chi connectivity index (χ3v) is 4.37. The molecule has 3 rings (SSSR count). The van der Waals surface area contributed by atoms with Gasteiger partial charge >= 0.3 is 6.18 Å². The molecule has 1 aromatic carbocycles. The van der Waals surface area contributed by atoms with Gasteiger partial charge < -0.3 is 10.1 Å². The molecule has 3 aromatic rings. The number of carbonyl (C=O) groups is 1. The fourth-order valence-corrected chi connectivity index (χ4v) is 2.87. The van der Waals surface area contributed by atoms with Gasteiger partial charge in [0, 0.05) is 17.6 Å². The number of rotatable bonds is 6. The number of carbonyl (C=O) groups excluding carboxylic acids is 1. The summed E-state index contributed by atoms with van der Waals surface area (Å²) >= 11 is 0. The molecule has 0 aliphatic rings. The van der Waals surface area contributed by atoms with Crippen molar-refractivity contribution in [2.75, 3.05) is 6.61 Å². The first-order valence-corrected chi connectivity index (χ1v) is 9.12. The fraction of sp³-hybridized carbons (Fsp3) is 0.286. The maximum Gasteiger partial charge on any atom is 0.422 e. The molecule has 0 radical (unpaired) electrons. The smallest absolute Gasteiger partial charge is 0.422 e. The van der Waals surface area contributed by atoms with Crippen LogP contribution < -0.4 is 10.1 Å². The lowest BCUT2D eigenvalue weighted by Gasteiger charge is -2.16. The molecule has 0 spiro atoms. The van der Waals surface area contributed by atoms with Gasteiger partial charge in [-0.1, -0.05) is 31.2 Å². The number of hydrogen-bond donors (Lipinski definition) is 1. The van der Waals surface area contributed by atoms with E-state index in [0.717, 1.165) is 10.9 Å². The molecule has 8 heteroatoms. The molecule has 2 heterocycles. The summed E-state index contributed by atoms with van der Waals surface area (Å²) in [5.41, 5.74) is 2.66. The van der Waals surface area contributed by atoms with Crippen LogP contribution in [0, 0.1) is 0 Å². The van der Waals surface area contributed by atoms with Crippen LogP contribution >= 0.6 is 0 Å². The van der Waals surface area contributed by atoms with Crippen molar-refractivity contribution in [2.24, 2.45) is 0 Å². The minimum atomic E-state index is -4.42. The number of pyridine rings is 2. The van der Waals surface area contributed by atoms with Crippen LogP contribution in [0.15, 0.2) is 48.7 Å². The highest BCUT2D eigenvalue weighted by atomic mass is 19.4. The van der Waals surface area contributed by atoms with Gasteiger partial charge in [-0.25, -0.2) is 4.98 Å². The number of hydrogen-bond acceptors (Lipinski definition) is 4. The van der Waals surface area contributed by atoms with Crippen molar-refractivity contribution in [3.8, 4) is 5.88 Å². The van der Waals surface area contributed by atoms with Crippen molar-refractivity contribution >= 4 is 16.8 Å². The first-order valence-electron chi connectivity index (χ1n) is 9.12. The normalized spacial score (nSPS) is 12.6. The Morgan fingerprint density at radius 2 is 1.97 bits per heavy atom. The number of benzene rings is 1. The summed E-state index contributed by atoms with van der Waals surface area (Å²) in [7, 11) is 0. The van der Waals surface area contributed by atoms with Crippen molar-refractivity contribution in [2.45, 2.75) is 32.5 Å². The van der Waals surface area contributed by atoms with E-state index >= 15 is 0 Å². The third-order valence-electron chi connectivity index (χ3n) is 4.37. The number of nitrogens with one attached hydrogen (secondary N) is 1. The molecule has 2 aromatic heterocycles. The van der Waals surface area contributed by atoms with E-state index in [1.165, 1.54) is 12.3 Å². The van der Waals surface area contributed by atoms with Crippen LogP contribution in [0.4, 0.5) is 13.2 Å². The predicted octanol–water partition coefficient (Wildman–Crippen LogP) is 4.62. The van der Waals surface area contributed by atoms with Crippen molar-refractivity contribution in [3.05, 3.63) is 65.5 Å². The topological polar surface area (TPSA) is 64.1 Å². The van der Waals surface area contributed by atoms with Crippen LogP contribution in [0.5, 0.6) is 5.88 Å². The maximum absolute atomic E-state index is 12.8. The first kappa shape index (κ1) is 20.6. The van der Waals surface area contributed by atoms with Crippen LogP contribution in [0.3, 0.4) is 0 Å². The summed E-state index contributed by atoms with van der Waals surface area (Å²) in [5.74, 6) is -0.401. The monoisotopic (exact) mass is 403 g/mol. The second kappa shape index (κ2) is 8.46. The van der Waals surface area contributed by atoms with Crippen LogP contribution in [0.1, 0.15) is 41.5 Å². The van der Waals surface area contributed by atoms with Crippen molar-refractivity contribution in [1.82, 2.24) is 15.3 Å². The summed E-state index contributed by atoms with van der Waals surface area (Å²) in [6.45, 7) is 2.30. The lowest BCUT2D eigenvalue weighted by atomic mass is 10.1. The number of aryl methyl sites for hydroxylation is 1. The van der Waals surface area contributed by atoms with Gasteiger partial charge in [0.2, 0.25) is 5.88 Å². The largest absolute Gasteiger partial charge is 0.468 e. The van der Waals surface area contributed by atoms with Crippen molar-refractivity contribution in [1.29, 1.82) is 0 Å². The average molecular weight is 403 g/mol. The molecule has 0 aliphatic carbocycles. The number of aromatic nitrogens is 2. The molecule has 5 nitrogen and oxygen atoms in total. The van der Waals surface area contributed by atoms with Gasteiger partial charge in [0.25, 0.3) is 5.91 Å². The van der Waals surface area contributed by atoms with Gasteiger partial charge in [-0.2, -0.15) is 13.2 Å². The zero-order chi connectivity index (χ0) is 21.0. The second-order valence-electron chi connectivity index (χ2n) is 6.56. The summed E-state index contributed by atoms with van der Waals surface area (Å²) in [6, 6.07) is 11.9. The molecular weight excluding hydrogens is 383 g/mol. The number of nitrogens with zero attached hydrogens (tertiary/aromatic N) is 2. The Bertz CT molecular complexity index is 1000. The van der Waals surface area contributed by atoms with Crippen LogP contribution in [0.2, 0.25) is 0 Å². The molecule has 0 saturated heterocycles. The molecule has 0 saturated carbocycles. The number of halogens is 3. The molecule has 0 bridgehead atoms. The SMILES string of the molecule is CCc1nc2ccccc2cc1C(=O)NC(C)c1ccc(OCC(F)(F)F)nc1. The first-order chi connectivity index (χ1) is 13.8. The van der Waals surface area contributed by atoms with Gasteiger partial charge in [-0.3, -0.25) is 9.78 Å². The van der Waals surface area contributed by atoms with E-state index in [4.69, 9.17) is 0 Å². The Hall–Kier alpha value is -3.16. The Morgan fingerprint density at radius 3 is 2.62 bits per heavy atom. The summed E-state index contributed by atoms with van der Waals surface area (Å²) in [6.07, 6.45) is -2.43. The molecule has 0 fully saturated rings. The number of amides is 1. The Morgan fingerprint density at radius 1 is 1.21 bits per heavy atom. The molecule has 1 amide bonds. The third kappa shape index (κ3) is 5.22. The Balaban J connectivity index is 1.72. The van der Waals surface area contributed by atoms with Gasteiger partial charge in [-0.15, -0.1) is 0 Å². The fourth-order valence-electron chi connectivity index (χ4n) is 2.87. The molecular formula is C21H20F3N3O2. The van der Waals surface area contributed by atoms with E-state index < -0.39 is 18.8 Å². The van der Waals surface area contributed by atoms with Crippen molar-refractivity contribution in [3.63, 3.8) is 0 Å². The minimum Gasteiger partial charge on any atom is -0.468 e. The van der Waals surface area contributed by atoms with E-state index in [-0.39, 0.29) is 11.8 Å². The molecule has 29 heavy (non-hydrogen) atoms. The lowest BCUT2D eigenvalue weighted by molar-refractivity contribution is -0.154. The van der Waals surface area contributed by atoms with Crippen LogP contribution in [-0.4, -0.2) is 28.7 Å². The minimum absolute atomic E-state index is 0.128. The van der Waals surface area contributed by atoms with E-state index in [1.807, 2.05) is 37.3 Å². The molecule has 1 atom stereocenters. The summed E-state index contributed by atoms with van der Waals surface area (Å²) < 4.78 is 41.2. The second-order valence-corrected chi connectivity index (χ2v) is 6.56. The highest BCUT2D eigenvalue weighted by molar-refractivity contribution is 5.98. The average Bonchev–Trinajstić information content (AvgIpc) is 2.71. The van der Waals surface area contributed by atoms with Gasteiger partial charge in [0.15, 0.2) is 6.61 Å². The van der Waals surface area contributed by atoms with Crippen molar-refractivity contribution < 1.29 is 22.7 Å². The van der Waals surface area contributed by atoms with Gasteiger partial charge in [-0.05, 0) is 31.0 Å². The standard InChI is InChI=1S/C21H20F3N3O2/c1-3-17-16(10-14-6-4-5-7-18(14)27-17)20(28)26-13(2)15-8-9-19(25-11-15)29-12-21(22,23)24/h4-11,13H,3,12H2,1-2H3,(H,26,28). The number of para-hydroxylation sites is 1. The summed E-state index contributed by atoms with van der Waals surface area (Å²) in [5, 5.41) is 3.76. The molecule has 0 aliphatic heterocycles. The highest BCUT2D eigenvalue weighted by Crippen LogP contribution is 2.21. The number of fused-ring (bicyclic) bond motifs is 1. The van der Waals surface area contributed by atoms with E-state index in [2.05, 4.69) is 20.0 Å². The zero-order valence-electron chi connectivity index (χ0n) is 16.0. The molecule has 1 N–H and O–H groups in total. The highest BCUT2D eigenvalue weighted by Gasteiger charge is 2.28. The quantitative estimate of drug-likeness (QED) is 0.652. The number of alkyl halides is 3. The van der Waals surface area contributed by atoms with Crippen LogP contribution in [-0.2, 0) is 6.42 Å². The van der Waals surface area contributed by atoms with E-state index in [1.54, 1.807) is 13.0 Å². The maximum atomic E-state index is 12.8. The Kier molecular flexibility index (Phi) is 6.00.